The molecule has 3 atom stereocenters. The van der Waals surface area contributed by atoms with Gasteiger partial charge in [0.25, 0.3) is 0 Å². The summed E-state index contributed by atoms with van der Waals surface area (Å²) in [5.41, 5.74) is 2.89. The molecule has 0 N–H and O–H groups in total. The summed E-state index contributed by atoms with van der Waals surface area (Å²) < 4.78 is 34.9. The third kappa shape index (κ3) is 3.67. The molecule has 1 fully saturated rings. The first-order chi connectivity index (χ1) is 16.3. The largest absolute Gasteiger partial charge is 0.493 e. The second-order valence-electron chi connectivity index (χ2n) is 9.75. The fraction of sp³-hybridized carbons (Fsp3) is 0.480. The van der Waals surface area contributed by atoms with E-state index in [1.54, 1.807) is 21.3 Å². The number of nitrogens with zero attached hydrogens (tertiary/aromatic N) is 1. The molecule has 3 aliphatic heterocycles. The Balaban J connectivity index is 1.74. The Bertz CT molecular complexity index is 1100. The number of carbonyl (C=O) groups excluding carboxylic acids is 1. The Morgan fingerprint density at radius 2 is 1.53 bits per heavy atom. The van der Waals surface area contributed by atoms with Gasteiger partial charge in [-0.3, -0.25) is 4.79 Å². The van der Waals surface area contributed by atoms with Crippen LogP contribution in [0.5, 0.6) is 28.7 Å². The number of hydrogen-bond acceptors (Lipinski definition) is 7. The van der Waals surface area contributed by atoms with Crippen LogP contribution < -0.4 is 23.7 Å². The van der Waals surface area contributed by atoms with Crippen LogP contribution in [0.2, 0.25) is 19.6 Å². The molecule has 2 aromatic carbocycles. The first-order valence-corrected chi connectivity index (χ1v) is 14.9. The number of hydrogen-bond donors (Lipinski definition) is 0. The molecule has 9 heteroatoms. The maximum absolute atomic E-state index is 13.3. The smallest absolute Gasteiger partial charge is 0.231 e. The van der Waals surface area contributed by atoms with E-state index in [4.69, 9.17) is 28.1 Å². The molecule has 3 heterocycles. The van der Waals surface area contributed by atoms with E-state index in [2.05, 4.69) is 19.6 Å². The number of ether oxygens (including phenoxy) is 5. The lowest BCUT2D eigenvalue weighted by atomic mass is 9.83. The van der Waals surface area contributed by atoms with Crippen molar-refractivity contribution >= 4 is 14.2 Å². The van der Waals surface area contributed by atoms with Gasteiger partial charge in [-0.2, -0.15) is 0 Å². The SMILES string of the molecule is COc1cc([C@@H]2c3cc4c(cc3[C@H](O[Si](C)(C)C)[C@H]3CCC(=O)N23)OCO4)cc(OC)c1OC. The highest BCUT2D eigenvalue weighted by Crippen LogP contribution is 2.53. The number of amides is 1. The van der Waals surface area contributed by atoms with E-state index >= 15 is 0 Å². The molecule has 8 nitrogen and oxygen atoms in total. The molecule has 0 radical (unpaired) electrons. The number of methoxy groups -OCH3 is 3. The van der Waals surface area contributed by atoms with Crippen LogP contribution in [0.25, 0.3) is 0 Å². The Morgan fingerprint density at radius 3 is 2.09 bits per heavy atom. The van der Waals surface area contributed by atoms with E-state index in [1.165, 1.54) is 0 Å². The molecular formula is C25H31NO7Si. The summed E-state index contributed by atoms with van der Waals surface area (Å²) >= 11 is 0. The van der Waals surface area contributed by atoms with E-state index in [1.807, 2.05) is 29.2 Å². The van der Waals surface area contributed by atoms with Gasteiger partial charge in [0, 0.05) is 6.42 Å². The average molecular weight is 486 g/mol. The lowest BCUT2D eigenvalue weighted by Gasteiger charge is -2.46. The molecule has 182 valence electrons. The predicted octanol–water partition coefficient (Wildman–Crippen LogP) is 4.43. The lowest BCUT2D eigenvalue weighted by molar-refractivity contribution is -0.133. The topological polar surface area (TPSA) is 75.7 Å². The number of rotatable bonds is 6. The fourth-order valence-corrected chi connectivity index (χ4v) is 6.34. The molecule has 0 spiro atoms. The van der Waals surface area contributed by atoms with Crippen LogP contribution in [-0.4, -0.2) is 53.3 Å². The van der Waals surface area contributed by atoms with Gasteiger partial charge in [-0.05, 0) is 67.0 Å². The molecular weight excluding hydrogens is 454 g/mol. The van der Waals surface area contributed by atoms with Crippen molar-refractivity contribution in [3.63, 3.8) is 0 Å². The molecule has 1 amide bonds. The van der Waals surface area contributed by atoms with Gasteiger partial charge in [-0.25, -0.2) is 0 Å². The molecule has 0 aliphatic carbocycles. The summed E-state index contributed by atoms with van der Waals surface area (Å²) in [5, 5.41) is 0. The first kappa shape index (κ1) is 22.9. The molecule has 2 aromatic rings. The van der Waals surface area contributed by atoms with Crippen LogP contribution in [-0.2, 0) is 9.22 Å². The van der Waals surface area contributed by atoms with Crippen molar-refractivity contribution in [2.75, 3.05) is 28.1 Å². The summed E-state index contributed by atoms with van der Waals surface area (Å²) in [6.07, 6.45) is 1.00. The summed E-state index contributed by atoms with van der Waals surface area (Å²) in [6, 6.07) is 7.45. The zero-order valence-corrected chi connectivity index (χ0v) is 21.5. The first-order valence-electron chi connectivity index (χ1n) is 11.5. The normalized spacial score (nSPS) is 22.9. The van der Waals surface area contributed by atoms with Crippen LogP contribution in [0.3, 0.4) is 0 Å². The highest BCUT2D eigenvalue weighted by molar-refractivity contribution is 6.69. The zero-order valence-electron chi connectivity index (χ0n) is 20.5. The maximum Gasteiger partial charge on any atom is 0.231 e. The van der Waals surface area contributed by atoms with E-state index in [0.717, 1.165) is 23.1 Å². The minimum absolute atomic E-state index is 0.0730. The summed E-state index contributed by atoms with van der Waals surface area (Å²) in [6.45, 7) is 6.70. The van der Waals surface area contributed by atoms with Gasteiger partial charge < -0.3 is 33.0 Å². The summed E-state index contributed by atoms with van der Waals surface area (Å²) in [5.74, 6) is 3.10. The lowest BCUT2D eigenvalue weighted by Crippen LogP contribution is -2.47. The van der Waals surface area contributed by atoms with E-state index in [-0.39, 0.29) is 30.9 Å². The monoisotopic (exact) mass is 485 g/mol. The standard InChI is InChI=1S/C25H31NO7Si/c1-28-20-9-14(10-21(29-2)25(20)30-3)23-15-11-18-19(32-13-31-18)12-16(15)24(33-34(4,5)6)17-7-8-22(27)26(17)23/h9-12,17,23-24H,7-8,13H2,1-6H3/t17-,23-,24+/m1/s1. The maximum atomic E-state index is 13.3. The second-order valence-corrected chi connectivity index (χ2v) is 14.2. The van der Waals surface area contributed by atoms with Gasteiger partial charge in [0.2, 0.25) is 18.4 Å². The molecule has 0 bridgehead atoms. The molecule has 0 unspecified atom stereocenters. The highest BCUT2D eigenvalue weighted by atomic mass is 28.4. The van der Waals surface area contributed by atoms with Crippen LogP contribution in [0.15, 0.2) is 24.3 Å². The highest BCUT2D eigenvalue weighted by Gasteiger charge is 2.49. The van der Waals surface area contributed by atoms with E-state index in [9.17, 15) is 4.79 Å². The molecule has 1 saturated heterocycles. The Kier molecular flexibility index (Phi) is 5.64. The van der Waals surface area contributed by atoms with Gasteiger partial charge in [0.05, 0.1) is 39.5 Å². The second kappa shape index (κ2) is 8.39. The fourth-order valence-electron chi connectivity index (χ4n) is 5.29. The molecule has 0 aromatic heterocycles. The number of benzene rings is 2. The van der Waals surface area contributed by atoms with Crippen molar-refractivity contribution in [2.45, 2.75) is 50.7 Å². The van der Waals surface area contributed by atoms with Crippen molar-refractivity contribution in [3.05, 3.63) is 41.0 Å². The number of carbonyl (C=O) groups is 1. The number of fused-ring (bicyclic) bond motifs is 3. The van der Waals surface area contributed by atoms with E-state index < -0.39 is 8.32 Å². The van der Waals surface area contributed by atoms with Crippen LogP contribution in [0.4, 0.5) is 0 Å². The summed E-state index contributed by atoms with van der Waals surface area (Å²) in [7, 11) is 2.83. The zero-order chi connectivity index (χ0) is 24.2. The average Bonchev–Trinajstić information content (AvgIpc) is 3.42. The Morgan fingerprint density at radius 1 is 0.912 bits per heavy atom. The summed E-state index contributed by atoms with van der Waals surface area (Å²) in [4.78, 5) is 15.3. The quantitative estimate of drug-likeness (QED) is 0.561. The molecule has 34 heavy (non-hydrogen) atoms. The van der Waals surface area contributed by atoms with Gasteiger partial charge >= 0.3 is 0 Å². The molecule has 3 aliphatic rings. The molecule has 5 rings (SSSR count). The third-order valence-electron chi connectivity index (χ3n) is 6.59. The van der Waals surface area contributed by atoms with Crippen molar-refractivity contribution in [2.24, 2.45) is 0 Å². The predicted molar refractivity (Wildman–Crippen MR) is 128 cm³/mol. The van der Waals surface area contributed by atoms with Gasteiger partial charge in [0.1, 0.15) is 0 Å². The van der Waals surface area contributed by atoms with Crippen molar-refractivity contribution in [3.8, 4) is 28.7 Å². The van der Waals surface area contributed by atoms with Crippen LogP contribution in [0.1, 0.15) is 41.7 Å². The third-order valence-corrected chi connectivity index (χ3v) is 7.55. The van der Waals surface area contributed by atoms with Crippen molar-refractivity contribution < 1.29 is 32.9 Å². The minimum atomic E-state index is -1.93. The van der Waals surface area contributed by atoms with Crippen molar-refractivity contribution in [1.29, 1.82) is 0 Å². The van der Waals surface area contributed by atoms with Gasteiger partial charge in [-0.1, -0.05) is 0 Å². The molecule has 0 saturated carbocycles. The Hall–Kier alpha value is -2.91. The van der Waals surface area contributed by atoms with Gasteiger partial charge in [-0.15, -0.1) is 0 Å². The minimum Gasteiger partial charge on any atom is -0.493 e. The van der Waals surface area contributed by atoms with Crippen LogP contribution in [0, 0.1) is 0 Å². The van der Waals surface area contributed by atoms with Crippen LogP contribution >= 0.6 is 0 Å². The van der Waals surface area contributed by atoms with Crippen molar-refractivity contribution in [1.82, 2.24) is 4.90 Å². The Labute approximate surface area is 200 Å². The van der Waals surface area contributed by atoms with E-state index in [0.29, 0.717) is 35.2 Å². The van der Waals surface area contributed by atoms with Gasteiger partial charge in [0.15, 0.2) is 31.3 Å².